The van der Waals surface area contributed by atoms with E-state index in [2.05, 4.69) is 0 Å². The average molecular weight is 270 g/mol. The molecule has 0 radical (unpaired) electrons. The first kappa shape index (κ1) is 16.2. The second-order valence-electron chi connectivity index (χ2n) is 3.68. The molecule has 6 heteroatoms. The Morgan fingerprint density at radius 2 is 1.71 bits per heavy atom. The molecule has 2 atom stereocenters. The summed E-state index contributed by atoms with van der Waals surface area (Å²) in [7, 11) is 0. The highest BCUT2D eigenvalue weighted by atomic mass is 35.5. The molecule has 98 valence electrons. The van der Waals surface area contributed by atoms with Crippen LogP contribution < -0.4 is 5.73 Å². The van der Waals surface area contributed by atoms with E-state index < -0.39 is 29.6 Å². The molecule has 0 unspecified atom stereocenters. The molecule has 0 aliphatic rings. The van der Waals surface area contributed by atoms with Crippen LogP contribution >= 0.6 is 12.4 Å². The molecule has 2 nitrogen and oxygen atoms in total. The first-order valence-electron chi connectivity index (χ1n) is 5.05. The summed E-state index contributed by atoms with van der Waals surface area (Å²) in [6, 6.07) is 0.703. The predicted molar refractivity (Wildman–Crippen MR) is 61.4 cm³/mol. The molecule has 0 aromatic heterocycles. The highest BCUT2D eigenvalue weighted by molar-refractivity contribution is 5.85. The van der Waals surface area contributed by atoms with Crippen LogP contribution in [0.15, 0.2) is 12.1 Å². The van der Waals surface area contributed by atoms with Crippen molar-refractivity contribution in [2.24, 2.45) is 5.73 Å². The van der Waals surface area contributed by atoms with Gasteiger partial charge in [-0.2, -0.15) is 0 Å². The highest BCUT2D eigenvalue weighted by Crippen LogP contribution is 2.21. The number of rotatable bonds is 4. The Morgan fingerprint density at radius 3 is 2.12 bits per heavy atom. The van der Waals surface area contributed by atoms with Crippen LogP contribution in [0, 0.1) is 17.5 Å². The summed E-state index contributed by atoms with van der Waals surface area (Å²) in [5, 5.41) is 9.56. The largest absolute Gasteiger partial charge is 0.391 e. The van der Waals surface area contributed by atoms with Crippen LogP contribution in [0.3, 0.4) is 0 Å². The van der Waals surface area contributed by atoms with E-state index in [-0.39, 0.29) is 18.0 Å². The molecule has 0 amide bonds. The van der Waals surface area contributed by atoms with Gasteiger partial charge in [-0.3, -0.25) is 0 Å². The Balaban J connectivity index is 0.00000256. The lowest BCUT2D eigenvalue weighted by Gasteiger charge is -2.18. The van der Waals surface area contributed by atoms with Crippen LogP contribution in [0.25, 0.3) is 0 Å². The summed E-state index contributed by atoms with van der Waals surface area (Å²) >= 11 is 0. The maximum absolute atomic E-state index is 12.9. The first-order valence-corrected chi connectivity index (χ1v) is 5.05. The topological polar surface area (TPSA) is 46.2 Å². The SMILES string of the molecule is CCC[C@H](O)[C@H](N)c1cc(F)c(F)c(F)c1.Cl. The van der Waals surface area contributed by atoms with Crippen molar-refractivity contribution in [2.75, 3.05) is 0 Å². The molecule has 0 heterocycles. The van der Waals surface area contributed by atoms with Crippen molar-refractivity contribution in [1.82, 2.24) is 0 Å². The normalized spacial score (nSPS) is 14.0. The molecule has 0 saturated carbocycles. The van der Waals surface area contributed by atoms with Crippen LogP contribution in [0.2, 0.25) is 0 Å². The minimum Gasteiger partial charge on any atom is -0.391 e. The van der Waals surface area contributed by atoms with Gasteiger partial charge in [0.25, 0.3) is 0 Å². The zero-order valence-electron chi connectivity index (χ0n) is 9.29. The third-order valence-corrected chi connectivity index (χ3v) is 2.39. The molecule has 1 aromatic rings. The molecule has 0 bridgehead atoms. The van der Waals surface area contributed by atoms with E-state index in [1.807, 2.05) is 6.92 Å². The maximum Gasteiger partial charge on any atom is 0.194 e. The Morgan fingerprint density at radius 1 is 1.24 bits per heavy atom. The van der Waals surface area contributed by atoms with Gasteiger partial charge in [0.05, 0.1) is 12.1 Å². The average Bonchev–Trinajstić information content (AvgIpc) is 2.24. The molecule has 3 N–H and O–H groups in total. The molecule has 0 aliphatic carbocycles. The van der Waals surface area contributed by atoms with Gasteiger partial charge in [0.1, 0.15) is 0 Å². The number of hydrogen-bond acceptors (Lipinski definition) is 2. The standard InChI is InChI=1S/C11H14F3NO.ClH/c1-2-3-9(16)11(15)6-4-7(12)10(14)8(13)5-6;/h4-5,9,11,16H,2-3,15H2,1H3;1H/t9-,11+;/m0./s1. The van der Waals surface area contributed by atoms with Crippen molar-refractivity contribution in [2.45, 2.75) is 31.9 Å². The quantitative estimate of drug-likeness (QED) is 0.826. The number of benzene rings is 1. The molecule has 0 saturated heterocycles. The van der Waals surface area contributed by atoms with Crippen molar-refractivity contribution in [3.63, 3.8) is 0 Å². The van der Waals surface area contributed by atoms with Crippen molar-refractivity contribution in [3.8, 4) is 0 Å². The van der Waals surface area contributed by atoms with Crippen molar-refractivity contribution in [1.29, 1.82) is 0 Å². The zero-order chi connectivity index (χ0) is 12.3. The molecule has 0 spiro atoms. The minimum atomic E-state index is -1.53. The van der Waals surface area contributed by atoms with Gasteiger partial charge in [0.15, 0.2) is 17.5 Å². The predicted octanol–water partition coefficient (Wildman–Crippen LogP) is 2.69. The Hall–Kier alpha value is -0.780. The van der Waals surface area contributed by atoms with Crippen LogP contribution in [0.5, 0.6) is 0 Å². The van der Waals surface area contributed by atoms with E-state index >= 15 is 0 Å². The lowest BCUT2D eigenvalue weighted by atomic mass is 9.99. The number of hydrogen-bond donors (Lipinski definition) is 2. The van der Waals surface area contributed by atoms with Gasteiger partial charge in [0.2, 0.25) is 0 Å². The van der Waals surface area contributed by atoms with Gasteiger partial charge in [-0.1, -0.05) is 13.3 Å². The van der Waals surface area contributed by atoms with Crippen LogP contribution in [-0.2, 0) is 0 Å². The second-order valence-corrected chi connectivity index (χ2v) is 3.68. The molecule has 0 aliphatic heterocycles. The smallest absolute Gasteiger partial charge is 0.194 e. The van der Waals surface area contributed by atoms with Gasteiger partial charge in [-0.05, 0) is 24.1 Å². The van der Waals surface area contributed by atoms with Crippen LogP contribution in [0.1, 0.15) is 31.4 Å². The highest BCUT2D eigenvalue weighted by Gasteiger charge is 2.19. The Labute approximate surface area is 104 Å². The lowest BCUT2D eigenvalue weighted by Crippen LogP contribution is -2.26. The Bertz CT molecular complexity index is 353. The van der Waals surface area contributed by atoms with E-state index in [4.69, 9.17) is 5.73 Å². The molecule has 1 aromatic carbocycles. The molecule has 1 rings (SSSR count). The minimum absolute atomic E-state index is 0. The third-order valence-electron chi connectivity index (χ3n) is 2.39. The van der Waals surface area contributed by atoms with Crippen LogP contribution in [0.4, 0.5) is 13.2 Å². The fourth-order valence-electron chi connectivity index (χ4n) is 1.47. The fraction of sp³-hybridized carbons (Fsp3) is 0.455. The summed E-state index contributed by atoms with van der Waals surface area (Å²) < 4.78 is 38.5. The maximum atomic E-state index is 12.9. The van der Waals surface area contributed by atoms with Crippen molar-refractivity contribution >= 4 is 12.4 Å². The van der Waals surface area contributed by atoms with Gasteiger partial charge in [-0.15, -0.1) is 12.4 Å². The first-order chi connectivity index (χ1) is 7.47. The van der Waals surface area contributed by atoms with E-state index in [1.165, 1.54) is 0 Å². The van der Waals surface area contributed by atoms with Gasteiger partial charge in [-0.25, -0.2) is 13.2 Å². The second kappa shape index (κ2) is 6.83. The van der Waals surface area contributed by atoms with E-state index in [9.17, 15) is 18.3 Å². The molecular formula is C11H15ClF3NO. The number of halogens is 4. The summed E-state index contributed by atoms with van der Waals surface area (Å²) in [5.74, 6) is -4.12. The zero-order valence-corrected chi connectivity index (χ0v) is 10.1. The van der Waals surface area contributed by atoms with Crippen molar-refractivity contribution in [3.05, 3.63) is 35.1 Å². The Kier molecular flexibility index (Phi) is 6.52. The van der Waals surface area contributed by atoms with E-state index in [1.54, 1.807) is 0 Å². The van der Waals surface area contributed by atoms with Gasteiger partial charge < -0.3 is 10.8 Å². The molecule has 17 heavy (non-hydrogen) atoms. The van der Waals surface area contributed by atoms with Gasteiger partial charge in [0, 0.05) is 0 Å². The summed E-state index contributed by atoms with van der Waals surface area (Å²) in [5.41, 5.74) is 5.66. The summed E-state index contributed by atoms with van der Waals surface area (Å²) in [6.45, 7) is 1.85. The molecular weight excluding hydrogens is 255 g/mol. The lowest BCUT2D eigenvalue weighted by molar-refractivity contribution is 0.134. The fourth-order valence-corrected chi connectivity index (χ4v) is 1.47. The number of aliphatic hydroxyl groups excluding tert-OH is 1. The number of nitrogens with two attached hydrogens (primary N) is 1. The van der Waals surface area contributed by atoms with E-state index in [0.717, 1.165) is 12.1 Å². The molecule has 0 fully saturated rings. The summed E-state index contributed by atoms with van der Waals surface area (Å²) in [4.78, 5) is 0. The summed E-state index contributed by atoms with van der Waals surface area (Å²) in [6.07, 6.45) is 0.220. The van der Waals surface area contributed by atoms with Gasteiger partial charge >= 0.3 is 0 Å². The third kappa shape index (κ3) is 3.87. The number of aliphatic hydroxyl groups is 1. The monoisotopic (exact) mass is 269 g/mol. The van der Waals surface area contributed by atoms with Crippen LogP contribution in [-0.4, -0.2) is 11.2 Å². The van der Waals surface area contributed by atoms with Crippen molar-refractivity contribution < 1.29 is 18.3 Å². The van der Waals surface area contributed by atoms with E-state index in [0.29, 0.717) is 12.8 Å².